The molecule has 4 nitrogen and oxygen atoms in total. The van der Waals surface area contributed by atoms with E-state index in [2.05, 4.69) is 11.9 Å². The van der Waals surface area contributed by atoms with Gasteiger partial charge < -0.3 is 9.80 Å². The monoisotopic (exact) mass is 224 g/mol. The van der Waals surface area contributed by atoms with Gasteiger partial charge in [0.1, 0.15) is 0 Å². The van der Waals surface area contributed by atoms with Crippen molar-refractivity contribution in [2.45, 2.75) is 25.7 Å². The van der Waals surface area contributed by atoms with Crippen LogP contribution in [0.1, 0.15) is 25.7 Å². The molecular formula is C12H20N2O2. The molecule has 0 spiro atoms. The Morgan fingerprint density at radius 3 is 2.56 bits per heavy atom. The number of amides is 1. The highest BCUT2D eigenvalue weighted by Crippen LogP contribution is 2.20. The summed E-state index contributed by atoms with van der Waals surface area (Å²) in [6.07, 6.45) is 3.38. The molecule has 0 aromatic heterocycles. The highest BCUT2D eigenvalue weighted by atomic mass is 16.2. The van der Waals surface area contributed by atoms with Crippen LogP contribution in [0.5, 0.6) is 0 Å². The summed E-state index contributed by atoms with van der Waals surface area (Å²) in [4.78, 5) is 27.5. The van der Waals surface area contributed by atoms with Crippen molar-refractivity contribution >= 4 is 11.7 Å². The number of carbonyl (C=O) groups excluding carboxylic acids is 2. The molecule has 0 aliphatic carbocycles. The van der Waals surface area contributed by atoms with E-state index in [4.69, 9.17) is 0 Å². The summed E-state index contributed by atoms with van der Waals surface area (Å²) >= 11 is 0. The lowest BCUT2D eigenvalue weighted by Gasteiger charge is -2.33. The third-order valence-corrected chi connectivity index (χ3v) is 3.63. The largest absolute Gasteiger partial charge is 0.335 e. The van der Waals surface area contributed by atoms with Crippen LogP contribution in [-0.2, 0) is 9.59 Å². The van der Waals surface area contributed by atoms with Crippen LogP contribution in [0, 0.1) is 5.92 Å². The number of carbonyl (C=O) groups is 2. The van der Waals surface area contributed by atoms with Gasteiger partial charge in [-0.2, -0.15) is 0 Å². The highest BCUT2D eigenvalue weighted by Gasteiger charge is 2.29. The number of nitrogens with zero attached hydrogens (tertiary/aromatic N) is 2. The van der Waals surface area contributed by atoms with Gasteiger partial charge in [-0.3, -0.25) is 9.59 Å². The van der Waals surface area contributed by atoms with Gasteiger partial charge in [0.05, 0.1) is 6.54 Å². The zero-order valence-electron chi connectivity index (χ0n) is 9.95. The molecule has 4 heteroatoms. The van der Waals surface area contributed by atoms with Crippen LogP contribution in [0.4, 0.5) is 0 Å². The summed E-state index contributed by atoms with van der Waals surface area (Å²) in [5, 5.41) is 0. The number of hydrogen-bond acceptors (Lipinski definition) is 3. The van der Waals surface area contributed by atoms with Crippen LogP contribution in [-0.4, -0.2) is 54.7 Å². The molecule has 0 saturated carbocycles. The first kappa shape index (κ1) is 11.6. The molecule has 2 aliphatic heterocycles. The van der Waals surface area contributed by atoms with E-state index < -0.39 is 0 Å². The first-order chi connectivity index (χ1) is 7.66. The third kappa shape index (κ3) is 2.61. The summed E-state index contributed by atoms with van der Waals surface area (Å²) in [5.41, 5.74) is 0. The summed E-state index contributed by atoms with van der Waals surface area (Å²) in [6, 6.07) is 0. The Bertz CT molecular complexity index is 283. The van der Waals surface area contributed by atoms with Crippen LogP contribution >= 0.6 is 0 Å². The van der Waals surface area contributed by atoms with E-state index in [1.165, 1.54) is 0 Å². The molecule has 0 atom stereocenters. The summed E-state index contributed by atoms with van der Waals surface area (Å²) in [7, 11) is 2.09. The normalized spacial score (nSPS) is 24.8. The Hall–Kier alpha value is -0.900. The fraction of sp³-hybridized carbons (Fsp3) is 0.833. The molecule has 2 rings (SSSR count). The minimum atomic E-state index is 0.155. The van der Waals surface area contributed by atoms with Crippen LogP contribution in [0.15, 0.2) is 0 Å². The lowest BCUT2D eigenvalue weighted by molar-refractivity contribution is -0.142. The molecule has 16 heavy (non-hydrogen) atoms. The molecule has 0 aromatic rings. The number of ketones is 1. The summed E-state index contributed by atoms with van der Waals surface area (Å²) in [6.45, 7) is 3.12. The van der Waals surface area contributed by atoms with Gasteiger partial charge in [-0.1, -0.05) is 0 Å². The first-order valence-electron chi connectivity index (χ1n) is 6.16. The molecule has 1 amide bonds. The number of hydrogen-bond donors (Lipinski definition) is 0. The van der Waals surface area contributed by atoms with Crippen molar-refractivity contribution in [3.63, 3.8) is 0 Å². The van der Waals surface area contributed by atoms with Gasteiger partial charge in [0.15, 0.2) is 5.78 Å². The molecule has 0 N–H and O–H groups in total. The maximum atomic E-state index is 12.2. The molecule has 2 saturated heterocycles. The Morgan fingerprint density at radius 1 is 1.25 bits per heavy atom. The minimum Gasteiger partial charge on any atom is -0.335 e. The van der Waals surface area contributed by atoms with Gasteiger partial charge in [0, 0.05) is 18.9 Å². The fourth-order valence-corrected chi connectivity index (χ4v) is 2.54. The number of Topliss-reactive ketones (excluding diaryl/α,β-unsaturated/α-hetero) is 1. The molecular weight excluding hydrogens is 204 g/mol. The van der Waals surface area contributed by atoms with Crippen LogP contribution in [0.3, 0.4) is 0 Å². The smallest absolute Gasteiger partial charge is 0.226 e. The van der Waals surface area contributed by atoms with Gasteiger partial charge in [-0.05, 0) is 39.4 Å². The average molecular weight is 224 g/mol. The minimum absolute atomic E-state index is 0.155. The first-order valence-corrected chi connectivity index (χ1v) is 6.16. The Balaban J connectivity index is 1.89. The van der Waals surface area contributed by atoms with Gasteiger partial charge in [0.2, 0.25) is 5.91 Å². The molecule has 0 radical (unpaired) electrons. The second kappa shape index (κ2) is 4.95. The average Bonchev–Trinajstić information content (AvgIpc) is 2.29. The quantitative estimate of drug-likeness (QED) is 0.652. The van der Waals surface area contributed by atoms with Crippen molar-refractivity contribution in [2.24, 2.45) is 5.92 Å². The molecule has 2 fully saturated rings. The lowest BCUT2D eigenvalue weighted by Crippen LogP contribution is -2.45. The summed E-state index contributed by atoms with van der Waals surface area (Å²) in [5.74, 6) is 0.579. The number of likely N-dealkylation sites (tertiary alicyclic amines) is 2. The van der Waals surface area contributed by atoms with Crippen molar-refractivity contribution in [1.29, 1.82) is 0 Å². The van der Waals surface area contributed by atoms with Crippen LogP contribution < -0.4 is 0 Å². The van der Waals surface area contributed by atoms with Crippen molar-refractivity contribution < 1.29 is 9.59 Å². The maximum Gasteiger partial charge on any atom is 0.226 e. The number of piperidine rings is 2. The standard InChI is InChI=1S/C12H20N2O2/c1-13-7-4-10(5-8-13)12(16)14-6-2-3-11(15)9-14/h10H,2-9H2,1H3. The third-order valence-electron chi connectivity index (χ3n) is 3.63. The second-order valence-electron chi connectivity index (χ2n) is 4.98. The predicted molar refractivity (Wildman–Crippen MR) is 61.0 cm³/mol. The van der Waals surface area contributed by atoms with E-state index in [0.29, 0.717) is 13.0 Å². The van der Waals surface area contributed by atoms with Gasteiger partial charge in [-0.25, -0.2) is 0 Å². The van der Waals surface area contributed by atoms with E-state index in [0.717, 1.165) is 38.9 Å². The molecule has 2 aliphatic rings. The van der Waals surface area contributed by atoms with Gasteiger partial charge in [-0.15, -0.1) is 0 Å². The molecule has 2 heterocycles. The molecule has 0 bridgehead atoms. The lowest BCUT2D eigenvalue weighted by atomic mass is 9.94. The molecule has 0 unspecified atom stereocenters. The van der Waals surface area contributed by atoms with E-state index in [-0.39, 0.29) is 17.6 Å². The maximum absolute atomic E-state index is 12.2. The Kier molecular flexibility index (Phi) is 3.59. The molecule has 0 aromatic carbocycles. The summed E-state index contributed by atoms with van der Waals surface area (Å²) < 4.78 is 0. The van der Waals surface area contributed by atoms with E-state index in [9.17, 15) is 9.59 Å². The SMILES string of the molecule is CN1CCC(C(=O)N2CCCC(=O)C2)CC1. The van der Waals surface area contributed by atoms with Gasteiger partial charge in [0.25, 0.3) is 0 Å². The van der Waals surface area contributed by atoms with Crippen molar-refractivity contribution in [2.75, 3.05) is 33.2 Å². The Morgan fingerprint density at radius 2 is 1.94 bits per heavy atom. The topological polar surface area (TPSA) is 40.6 Å². The fourth-order valence-electron chi connectivity index (χ4n) is 2.54. The number of rotatable bonds is 1. The predicted octanol–water partition coefficient (Wildman–Crippen LogP) is 0.520. The van der Waals surface area contributed by atoms with Crippen molar-refractivity contribution in [3.05, 3.63) is 0 Å². The van der Waals surface area contributed by atoms with Gasteiger partial charge >= 0.3 is 0 Å². The highest BCUT2D eigenvalue weighted by molar-refractivity contribution is 5.88. The van der Waals surface area contributed by atoms with Crippen molar-refractivity contribution in [3.8, 4) is 0 Å². The van der Waals surface area contributed by atoms with E-state index in [1.54, 1.807) is 4.90 Å². The van der Waals surface area contributed by atoms with Crippen molar-refractivity contribution in [1.82, 2.24) is 9.80 Å². The van der Waals surface area contributed by atoms with E-state index >= 15 is 0 Å². The molecule has 90 valence electrons. The van der Waals surface area contributed by atoms with Crippen LogP contribution in [0.25, 0.3) is 0 Å². The Labute approximate surface area is 96.6 Å². The van der Waals surface area contributed by atoms with Crippen LogP contribution in [0.2, 0.25) is 0 Å². The zero-order chi connectivity index (χ0) is 11.5. The second-order valence-corrected chi connectivity index (χ2v) is 4.98. The zero-order valence-corrected chi connectivity index (χ0v) is 9.95. The van der Waals surface area contributed by atoms with E-state index in [1.807, 2.05) is 0 Å².